The van der Waals surface area contributed by atoms with Gasteiger partial charge in [0.15, 0.2) is 5.13 Å². The van der Waals surface area contributed by atoms with E-state index in [0.717, 1.165) is 11.7 Å². The summed E-state index contributed by atoms with van der Waals surface area (Å²) in [5, 5.41) is 6.74. The lowest BCUT2D eigenvalue weighted by molar-refractivity contribution is -0.122. The third-order valence-corrected chi connectivity index (χ3v) is 4.56. The Bertz CT molecular complexity index is 567. The van der Waals surface area contributed by atoms with E-state index in [4.69, 9.17) is 5.73 Å². The van der Waals surface area contributed by atoms with Gasteiger partial charge in [-0.1, -0.05) is 23.5 Å². The van der Waals surface area contributed by atoms with Crippen molar-refractivity contribution in [3.63, 3.8) is 0 Å². The number of hydrogen-bond donors (Lipinski definition) is 3. The Kier molecular flexibility index (Phi) is 4.95. The predicted molar refractivity (Wildman–Crippen MR) is 83.3 cm³/mol. The second-order valence-corrected chi connectivity index (χ2v) is 5.99. The molecule has 7 heteroatoms. The van der Waals surface area contributed by atoms with Crippen LogP contribution in [0.15, 0.2) is 12.2 Å². The molecule has 2 amide bonds. The molecule has 1 aliphatic carbocycles. The van der Waals surface area contributed by atoms with Crippen molar-refractivity contribution < 1.29 is 9.59 Å². The highest BCUT2D eigenvalue weighted by Crippen LogP contribution is 2.24. The van der Waals surface area contributed by atoms with Crippen molar-refractivity contribution in [3.8, 4) is 0 Å². The highest BCUT2D eigenvalue weighted by molar-refractivity contribution is 7.17. The van der Waals surface area contributed by atoms with Gasteiger partial charge >= 0.3 is 0 Å². The number of aryl methyl sites for hydroxylation is 1. The summed E-state index contributed by atoms with van der Waals surface area (Å²) < 4.78 is 0. The van der Waals surface area contributed by atoms with E-state index < -0.39 is 0 Å². The molecule has 0 unspecified atom stereocenters. The van der Waals surface area contributed by atoms with Crippen LogP contribution in [0.2, 0.25) is 0 Å². The van der Waals surface area contributed by atoms with Crippen molar-refractivity contribution in [2.45, 2.75) is 32.7 Å². The largest absolute Gasteiger partial charge is 0.369 e. The highest BCUT2D eigenvalue weighted by atomic mass is 32.1. The van der Waals surface area contributed by atoms with Gasteiger partial charge < -0.3 is 16.4 Å². The third kappa shape index (κ3) is 3.60. The van der Waals surface area contributed by atoms with Gasteiger partial charge in [0.25, 0.3) is 5.91 Å². The van der Waals surface area contributed by atoms with Crippen LogP contribution in [0.4, 0.5) is 5.13 Å². The number of thiazole rings is 1. The van der Waals surface area contributed by atoms with E-state index in [1.54, 1.807) is 6.92 Å². The molecular weight excluding hydrogens is 288 g/mol. The zero-order valence-corrected chi connectivity index (χ0v) is 13.0. The van der Waals surface area contributed by atoms with Crippen LogP contribution >= 0.6 is 11.3 Å². The van der Waals surface area contributed by atoms with Crippen molar-refractivity contribution in [2.75, 3.05) is 11.9 Å². The number of nitrogens with zero attached hydrogens (tertiary/aromatic N) is 1. The summed E-state index contributed by atoms with van der Waals surface area (Å²) in [5.74, 6) is -0.917. The Labute approximate surface area is 127 Å². The molecule has 0 fully saturated rings. The predicted octanol–water partition coefficient (Wildman–Crippen LogP) is 1.43. The molecular formula is C14H20N4O2S. The number of amides is 2. The fourth-order valence-electron chi connectivity index (χ4n) is 2.36. The van der Waals surface area contributed by atoms with E-state index in [1.807, 2.05) is 19.1 Å². The van der Waals surface area contributed by atoms with Crippen molar-refractivity contribution in [1.82, 2.24) is 10.3 Å². The van der Waals surface area contributed by atoms with Gasteiger partial charge in [-0.2, -0.15) is 0 Å². The van der Waals surface area contributed by atoms with E-state index in [1.165, 1.54) is 11.3 Å². The van der Waals surface area contributed by atoms with Gasteiger partial charge in [0.05, 0.1) is 11.6 Å². The Morgan fingerprint density at radius 3 is 2.81 bits per heavy atom. The fraction of sp³-hybridized carbons (Fsp3) is 0.500. The first-order valence-corrected chi connectivity index (χ1v) is 7.81. The number of nitrogens with one attached hydrogen (secondary N) is 2. The average molecular weight is 308 g/mol. The number of nitrogens with two attached hydrogens (primary N) is 1. The molecule has 1 aliphatic rings. The molecule has 114 valence electrons. The first-order valence-electron chi connectivity index (χ1n) is 6.99. The zero-order valence-electron chi connectivity index (χ0n) is 12.2. The summed E-state index contributed by atoms with van der Waals surface area (Å²) in [7, 11) is 0. The highest BCUT2D eigenvalue weighted by Gasteiger charge is 2.29. The van der Waals surface area contributed by atoms with Crippen LogP contribution in [0.1, 0.15) is 35.1 Å². The molecule has 0 bridgehead atoms. The van der Waals surface area contributed by atoms with Gasteiger partial charge in [-0.25, -0.2) is 4.98 Å². The Morgan fingerprint density at radius 2 is 2.14 bits per heavy atom. The second-order valence-electron chi connectivity index (χ2n) is 5.00. The molecule has 0 radical (unpaired) electrons. The standard InChI is InChI=1S/C14H20N4O2S/c1-3-16-14-17-8(2)11(21-14)13(20)18-10-7-5-4-6-9(10)12(15)19/h4-5,9-10H,3,6-7H2,1-2H3,(H2,15,19)(H,16,17)(H,18,20)/t9-,10-/m1/s1. The van der Waals surface area contributed by atoms with Gasteiger partial charge in [-0.3, -0.25) is 9.59 Å². The van der Waals surface area contributed by atoms with E-state index in [9.17, 15) is 9.59 Å². The van der Waals surface area contributed by atoms with Crippen molar-refractivity contribution in [2.24, 2.45) is 11.7 Å². The molecule has 1 heterocycles. The van der Waals surface area contributed by atoms with Gasteiger partial charge in [0.1, 0.15) is 4.88 Å². The van der Waals surface area contributed by atoms with Crippen LogP contribution in [-0.2, 0) is 4.79 Å². The molecule has 21 heavy (non-hydrogen) atoms. The number of allylic oxidation sites excluding steroid dienone is 1. The summed E-state index contributed by atoms with van der Waals surface area (Å²) in [6, 6.07) is -0.246. The van der Waals surface area contributed by atoms with E-state index in [2.05, 4.69) is 15.6 Å². The molecule has 0 saturated heterocycles. The van der Waals surface area contributed by atoms with Gasteiger partial charge in [-0.15, -0.1) is 0 Å². The first kappa shape index (κ1) is 15.5. The van der Waals surface area contributed by atoms with Crippen molar-refractivity contribution in [1.29, 1.82) is 0 Å². The van der Waals surface area contributed by atoms with Crippen LogP contribution in [0.5, 0.6) is 0 Å². The Hall–Kier alpha value is -1.89. The van der Waals surface area contributed by atoms with Gasteiger partial charge in [0, 0.05) is 12.6 Å². The number of anilines is 1. The molecule has 0 saturated carbocycles. The van der Waals surface area contributed by atoms with Gasteiger partial charge in [0.2, 0.25) is 5.91 Å². The second kappa shape index (κ2) is 6.71. The average Bonchev–Trinajstić information content (AvgIpc) is 2.80. The molecule has 4 N–H and O–H groups in total. The van der Waals surface area contributed by atoms with E-state index in [0.29, 0.717) is 23.4 Å². The topological polar surface area (TPSA) is 97.1 Å². The summed E-state index contributed by atoms with van der Waals surface area (Å²) in [4.78, 5) is 28.7. The smallest absolute Gasteiger partial charge is 0.263 e. The minimum atomic E-state index is -0.376. The summed E-state index contributed by atoms with van der Waals surface area (Å²) in [6.07, 6.45) is 5.09. The zero-order chi connectivity index (χ0) is 15.4. The van der Waals surface area contributed by atoms with E-state index >= 15 is 0 Å². The van der Waals surface area contributed by atoms with Crippen LogP contribution in [0, 0.1) is 12.8 Å². The maximum absolute atomic E-state index is 12.4. The van der Waals surface area contributed by atoms with Crippen LogP contribution < -0.4 is 16.4 Å². The van der Waals surface area contributed by atoms with Crippen LogP contribution in [0.3, 0.4) is 0 Å². The number of carbonyl (C=O) groups is 2. The fourth-order valence-corrected chi connectivity index (χ4v) is 3.29. The summed E-state index contributed by atoms with van der Waals surface area (Å²) in [5.41, 5.74) is 6.09. The molecule has 0 aromatic carbocycles. The molecule has 0 aliphatic heterocycles. The number of carbonyl (C=O) groups excluding carboxylic acids is 2. The molecule has 0 spiro atoms. The summed E-state index contributed by atoms with van der Waals surface area (Å²) in [6.45, 7) is 4.53. The normalized spacial score (nSPS) is 21.0. The Morgan fingerprint density at radius 1 is 1.43 bits per heavy atom. The Balaban J connectivity index is 2.10. The lowest BCUT2D eigenvalue weighted by Gasteiger charge is -2.26. The number of aromatic nitrogens is 1. The monoisotopic (exact) mass is 308 g/mol. The lowest BCUT2D eigenvalue weighted by Crippen LogP contribution is -2.46. The maximum Gasteiger partial charge on any atom is 0.263 e. The van der Waals surface area contributed by atoms with Gasteiger partial charge in [-0.05, 0) is 26.7 Å². The molecule has 6 nitrogen and oxygen atoms in total. The van der Waals surface area contributed by atoms with Crippen molar-refractivity contribution in [3.05, 3.63) is 22.7 Å². The SMILES string of the molecule is CCNc1nc(C)c(C(=O)N[C@@H]2CC=CC[C@H]2C(N)=O)s1. The quantitative estimate of drug-likeness (QED) is 0.717. The molecule has 2 rings (SSSR count). The minimum absolute atomic E-state index is 0.194. The molecule has 1 aromatic heterocycles. The number of primary amides is 1. The third-order valence-electron chi connectivity index (χ3n) is 3.45. The number of hydrogen-bond acceptors (Lipinski definition) is 5. The minimum Gasteiger partial charge on any atom is -0.369 e. The molecule has 1 aromatic rings. The first-order chi connectivity index (χ1) is 10.0. The number of rotatable bonds is 5. The van der Waals surface area contributed by atoms with Crippen molar-refractivity contribution >= 4 is 28.3 Å². The van der Waals surface area contributed by atoms with Crippen LogP contribution in [-0.4, -0.2) is 29.4 Å². The maximum atomic E-state index is 12.4. The molecule has 2 atom stereocenters. The lowest BCUT2D eigenvalue weighted by atomic mass is 9.88. The van der Waals surface area contributed by atoms with E-state index in [-0.39, 0.29) is 23.8 Å². The van der Waals surface area contributed by atoms with Crippen LogP contribution in [0.25, 0.3) is 0 Å². The summed E-state index contributed by atoms with van der Waals surface area (Å²) >= 11 is 1.32.